The van der Waals surface area contributed by atoms with Crippen LogP contribution >= 0.6 is 0 Å². The van der Waals surface area contributed by atoms with Crippen molar-refractivity contribution in [2.75, 3.05) is 20.2 Å². The van der Waals surface area contributed by atoms with Gasteiger partial charge in [-0.15, -0.1) is 6.58 Å². The third kappa shape index (κ3) is 1.30. The molecule has 14 heavy (non-hydrogen) atoms. The van der Waals surface area contributed by atoms with E-state index in [2.05, 4.69) is 11.5 Å². The lowest BCUT2D eigenvalue weighted by atomic mass is 9.87. The second kappa shape index (κ2) is 3.63. The van der Waals surface area contributed by atoms with Crippen molar-refractivity contribution in [3.8, 4) is 0 Å². The zero-order chi connectivity index (χ0) is 10.2. The van der Waals surface area contributed by atoms with Crippen LogP contribution in [0.3, 0.4) is 0 Å². The van der Waals surface area contributed by atoms with Crippen LogP contribution in [0, 0.1) is 0 Å². The van der Waals surface area contributed by atoms with Crippen LogP contribution in [0.2, 0.25) is 0 Å². The zero-order valence-electron chi connectivity index (χ0n) is 8.71. The van der Waals surface area contributed by atoms with E-state index in [1.54, 1.807) is 7.11 Å². The Hall–Kier alpha value is -0.410. The lowest BCUT2D eigenvalue weighted by Gasteiger charge is -2.36. The minimum absolute atomic E-state index is 0.0225. The van der Waals surface area contributed by atoms with Gasteiger partial charge in [0.2, 0.25) is 0 Å². The maximum atomic E-state index is 13.4. The van der Waals surface area contributed by atoms with E-state index in [4.69, 9.17) is 4.74 Å². The molecule has 2 heterocycles. The Morgan fingerprint density at radius 2 is 2.50 bits per heavy atom. The van der Waals surface area contributed by atoms with Crippen LogP contribution in [0.15, 0.2) is 12.7 Å². The fraction of sp³-hybridized carbons (Fsp3) is 0.818. The van der Waals surface area contributed by atoms with Gasteiger partial charge in [0, 0.05) is 20.1 Å². The third-order valence-electron chi connectivity index (χ3n) is 3.66. The quantitative estimate of drug-likeness (QED) is 0.642. The summed E-state index contributed by atoms with van der Waals surface area (Å²) in [6.45, 7) is 5.37. The maximum Gasteiger partial charge on any atom is 0.115 e. The van der Waals surface area contributed by atoms with Gasteiger partial charge < -0.3 is 4.74 Å². The summed E-state index contributed by atoms with van der Waals surface area (Å²) in [5.74, 6) is 0. The highest BCUT2D eigenvalue weighted by atomic mass is 19.1. The van der Waals surface area contributed by atoms with Crippen molar-refractivity contribution in [3.63, 3.8) is 0 Å². The first-order valence-electron chi connectivity index (χ1n) is 5.27. The molecule has 0 bridgehead atoms. The van der Waals surface area contributed by atoms with Gasteiger partial charge in [0.25, 0.3) is 0 Å². The first-order chi connectivity index (χ1) is 6.73. The highest BCUT2D eigenvalue weighted by molar-refractivity contribution is 5.12. The summed E-state index contributed by atoms with van der Waals surface area (Å²) < 4.78 is 18.8. The highest BCUT2D eigenvalue weighted by Crippen LogP contribution is 2.43. The third-order valence-corrected chi connectivity index (χ3v) is 3.66. The highest BCUT2D eigenvalue weighted by Gasteiger charge is 2.52. The molecule has 0 spiro atoms. The summed E-state index contributed by atoms with van der Waals surface area (Å²) in [5.41, 5.74) is -0.0874. The molecule has 0 radical (unpaired) electrons. The average Bonchev–Trinajstić information content (AvgIpc) is 2.62. The molecular formula is C11H18FNO. The van der Waals surface area contributed by atoms with Crippen molar-refractivity contribution in [1.29, 1.82) is 0 Å². The van der Waals surface area contributed by atoms with Crippen LogP contribution in [-0.4, -0.2) is 42.9 Å². The van der Waals surface area contributed by atoms with Gasteiger partial charge in [0.15, 0.2) is 0 Å². The number of ether oxygens (including phenoxy) is 1. The topological polar surface area (TPSA) is 12.5 Å². The Morgan fingerprint density at radius 1 is 1.71 bits per heavy atom. The van der Waals surface area contributed by atoms with Crippen molar-refractivity contribution >= 4 is 0 Å². The minimum Gasteiger partial charge on any atom is -0.375 e. The zero-order valence-corrected chi connectivity index (χ0v) is 8.71. The van der Waals surface area contributed by atoms with Gasteiger partial charge in [-0.2, -0.15) is 0 Å². The smallest absolute Gasteiger partial charge is 0.115 e. The number of rotatable bonds is 3. The van der Waals surface area contributed by atoms with Gasteiger partial charge in [0.1, 0.15) is 6.17 Å². The summed E-state index contributed by atoms with van der Waals surface area (Å²) in [4.78, 5) is 2.24. The SMILES string of the molecule is C=C[C@@H](OC)[C@@]12CCCN1C[C@H](F)C2. The van der Waals surface area contributed by atoms with Crippen molar-refractivity contribution in [1.82, 2.24) is 4.90 Å². The van der Waals surface area contributed by atoms with Crippen molar-refractivity contribution in [3.05, 3.63) is 12.7 Å². The molecule has 0 saturated carbocycles. The number of fused-ring (bicyclic) bond motifs is 1. The van der Waals surface area contributed by atoms with E-state index in [0.29, 0.717) is 13.0 Å². The number of hydrogen-bond donors (Lipinski definition) is 0. The summed E-state index contributed by atoms with van der Waals surface area (Å²) in [5, 5.41) is 0. The molecule has 80 valence electrons. The molecule has 2 aliphatic rings. The van der Waals surface area contributed by atoms with Crippen LogP contribution in [0.25, 0.3) is 0 Å². The van der Waals surface area contributed by atoms with Gasteiger partial charge >= 0.3 is 0 Å². The van der Waals surface area contributed by atoms with Gasteiger partial charge in [-0.05, 0) is 19.4 Å². The summed E-state index contributed by atoms with van der Waals surface area (Å²) in [6.07, 6.45) is 3.91. The predicted molar refractivity (Wildman–Crippen MR) is 54.0 cm³/mol. The number of methoxy groups -OCH3 is 1. The number of hydrogen-bond acceptors (Lipinski definition) is 2. The number of alkyl halides is 1. The molecule has 2 saturated heterocycles. The monoisotopic (exact) mass is 199 g/mol. The molecule has 3 heteroatoms. The molecule has 0 unspecified atom stereocenters. The molecule has 0 aromatic rings. The molecule has 3 atom stereocenters. The fourth-order valence-electron chi connectivity index (χ4n) is 3.12. The van der Waals surface area contributed by atoms with E-state index in [1.165, 1.54) is 0 Å². The molecule has 2 aliphatic heterocycles. The molecule has 2 nitrogen and oxygen atoms in total. The standard InChI is InChI=1S/C11H18FNO/c1-3-10(14-2)11-5-4-6-13(11)8-9(12)7-11/h3,9-10H,1,4-8H2,2H3/t9-,10-,11+/m1/s1. The Bertz CT molecular complexity index is 233. The van der Waals surface area contributed by atoms with E-state index in [1.807, 2.05) is 6.08 Å². The Morgan fingerprint density at radius 3 is 3.14 bits per heavy atom. The Kier molecular flexibility index (Phi) is 2.62. The molecule has 0 N–H and O–H groups in total. The molecule has 0 amide bonds. The van der Waals surface area contributed by atoms with E-state index in [-0.39, 0.29) is 11.6 Å². The lowest BCUT2D eigenvalue weighted by molar-refractivity contribution is 0.0139. The fourth-order valence-corrected chi connectivity index (χ4v) is 3.12. The first-order valence-corrected chi connectivity index (χ1v) is 5.27. The summed E-state index contributed by atoms with van der Waals surface area (Å²) >= 11 is 0. The second-order valence-electron chi connectivity index (χ2n) is 4.35. The molecule has 0 aromatic carbocycles. The van der Waals surface area contributed by atoms with Crippen molar-refractivity contribution < 1.29 is 9.13 Å². The van der Waals surface area contributed by atoms with Gasteiger partial charge in [0.05, 0.1) is 11.6 Å². The van der Waals surface area contributed by atoms with E-state index >= 15 is 0 Å². The predicted octanol–water partition coefficient (Wildman–Crippen LogP) is 1.76. The van der Waals surface area contributed by atoms with Crippen molar-refractivity contribution in [2.24, 2.45) is 0 Å². The van der Waals surface area contributed by atoms with Crippen LogP contribution in [0.1, 0.15) is 19.3 Å². The Labute approximate surface area is 84.7 Å². The summed E-state index contributed by atoms with van der Waals surface area (Å²) in [7, 11) is 1.68. The average molecular weight is 199 g/mol. The van der Waals surface area contributed by atoms with Gasteiger partial charge in [-0.25, -0.2) is 4.39 Å². The largest absolute Gasteiger partial charge is 0.375 e. The van der Waals surface area contributed by atoms with Gasteiger partial charge in [-0.1, -0.05) is 6.08 Å². The van der Waals surface area contributed by atoms with Crippen LogP contribution in [0.4, 0.5) is 4.39 Å². The minimum atomic E-state index is -0.687. The summed E-state index contributed by atoms with van der Waals surface area (Å²) in [6, 6.07) is 0. The molecular weight excluding hydrogens is 181 g/mol. The van der Waals surface area contributed by atoms with Crippen LogP contribution in [0.5, 0.6) is 0 Å². The number of nitrogens with zero attached hydrogens (tertiary/aromatic N) is 1. The Balaban J connectivity index is 2.22. The molecule has 0 aromatic heterocycles. The van der Waals surface area contributed by atoms with Gasteiger partial charge in [-0.3, -0.25) is 4.90 Å². The van der Waals surface area contributed by atoms with E-state index < -0.39 is 6.17 Å². The van der Waals surface area contributed by atoms with E-state index in [9.17, 15) is 4.39 Å². The molecule has 0 aliphatic carbocycles. The first kappa shape index (κ1) is 10.1. The molecule has 2 fully saturated rings. The van der Waals surface area contributed by atoms with Crippen LogP contribution in [-0.2, 0) is 4.74 Å². The lowest BCUT2D eigenvalue weighted by Crippen LogP contribution is -2.48. The van der Waals surface area contributed by atoms with E-state index in [0.717, 1.165) is 19.4 Å². The molecule has 2 rings (SSSR count). The van der Waals surface area contributed by atoms with Crippen molar-refractivity contribution in [2.45, 2.75) is 37.1 Å². The van der Waals surface area contributed by atoms with Crippen LogP contribution < -0.4 is 0 Å². The number of halogens is 1. The maximum absolute atomic E-state index is 13.4. The normalized spacial score (nSPS) is 39.7. The second-order valence-corrected chi connectivity index (χ2v) is 4.35.